The van der Waals surface area contributed by atoms with E-state index < -0.39 is 12.2 Å². The van der Waals surface area contributed by atoms with Crippen LogP contribution in [0.15, 0.2) is 35.5 Å². The van der Waals surface area contributed by atoms with Gasteiger partial charge in [0.25, 0.3) is 0 Å². The number of rotatable bonds is 2. The van der Waals surface area contributed by atoms with Crippen molar-refractivity contribution in [2.75, 3.05) is 0 Å². The van der Waals surface area contributed by atoms with Crippen molar-refractivity contribution >= 4 is 5.78 Å². The molecule has 132 valence electrons. The summed E-state index contributed by atoms with van der Waals surface area (Å²) in [5.41, 5.74) is 3.24. The van der Waals surface area contributed by atoms with Gasteiger partial charge in [-0.05, 0) is 67.9 Å². The van der Waals surface area contributed by atoms with Crippen molar-refractivity contribution in [3.8, 4) is 0 Å². The summed E-state index contributed by atoms with van der Waals surface area (Å²) in [7, 11) is 0. The number of aliphatic hydroxyl groups is 2. The van der Waals surface area contributed by atoms with Gasteiger partial charge in [0.1, 0.15) is 5.78 Å². The molecule has 3 heteroatoms. The Balaban J connectivity index is 1.84. The number of fused-ring (bicyclic) bond motifs is 1. The van der Waals surface area contributed by atoms with E-state index in [0.29, 0.717) is 24.5 Å². The third-order valence-corrected chi connectivity index (χ3v) is 6.72. The summed E-state index contributed by atoms with van der Waals surface area (Å²) in [5.74, 6) is 1.03. The highest BCUT2D eigenvalue weighted by molar-refractivity contribution is 5.79. The third-order valence-electron chi connectivity index (χ3n) is 6.72. The maximum Gasteiger partial charge on any atom is 0.133 e. The molecule has 0 radical (unpaired) electrons. The van der Waals surface area contributed by atoms with Crippen molar-refractivity contribution in [3.63, 3.8) is 0 Å². The number of carbonyl (C=O) groups is 1. The molecule has 24 heavy (non-hydrogen) atoms. The van der Waals surface area contributed by atoms with Crippen LogP contribution in [0.2, 0.25) is 0 Å². The highest BCUT2D eigenvalue weighted by Gasteiger charge is 2.50. The van der Waals surface area contributed by atoms with E-state index in [4.69, 9.17) is 0 Å². The Bertz CT molecular complexity index is 600. The van der Waals surface area contributed by atoms with Crippen molar-refractivity contribution in [1.82, 2.24) is 0 Å². The molecule has 0 aromatic heterocycles. The van der Waals surface area contributed by atoms with Crippen molar-refractivity contribution in [2.45, 2.75) is 71.0 Å². The van der Waals surface area contributed by atoms with Crippen LogP contribution in [0.4, 0.5) is 0 Å². The molecule has 0 aliphatic heterocycles. The molecule has 3 aliphatic carbocycles. The molecule has 0 amide bonds. The smallest absolute Gasteiger partial charge is 0.133 e. The van der Waals surface area contributed by atoms with Crippen LogP contribution in [0, 0.1) is 17.3 Å². The van der Waals surface area contributed by atoms with Gasteiger partial charge in [-0.2, -0.15) is 0 Å². The molecule has 2 unspecified atom stereocenters. The zero-order chi connectivity index (χ0) is 17.5. The number of ketones is 1. The van der Waals surface area contributed by atoms with Crippen LogP contribution in [0.25, 0.3) is 0 Å². The van der Waals surface area contributed by atoms with E-state index in [1.165, 1.54) is 5.57 Å². The number of aliphatic hydroxyl groups excluding tert-OH is 2. The lowest BCUT2D eigenvalue weighted by atomic mass is 9.63. The first-order chi connectivity index (χ1) is 11.3. The van der Waals surface area contributed by atoms with Crippen LogP contribution in [0.3, 0.4) is 0 Å². The van der Waals surface area contributed by atoms with Gasteiger partial charge in [0, 0.05) is 12.3 Å². The number of hydrogen-bond donors (Lipinski definition) is 2. The Morgan fingerprint density at radius 1 is 1.29 bits per heavy atom. The van der Waals surface area contributed by atoms with Crippen molar-refractivity contribution in [1.29, 1.82) is 0 Å². The molecule has 0 saturated heterocycles. The number of carbonyl (C=O) groups excluding carboxylic acids is 1. The largest absolute Gasteiger partial charge is 0.393 e. The lowest BCUT2D eigenvalue weighted by Crippen LogP contribution is -2.36. The standard InChI is InChI=1S/C21H30O3/c1-13-16(11-17(23)12-20(13)24)7-6-15-5-4-10-21(3)18(14(2)22)8-9-19(15)21/h6-7,17-20,23-24H,1,4-5,8-12H2,2-3H3/b15-6+,16-7-/t17?,18-,19?,20+,21-/m1/s1. The van der Waals surface area contributed by atoms with Gasteiger partial charge in [0.2, 0.25) is 0 Å². The summed E-state index contributed by atoms with van der Waals surface area (Å²) < 4.78 is 0. The van der Waals surface area contributed by atoms with Crippen LogP contribution in [0.1, 0.15) is 58.8 Å². The number of hydrogen-bond acceptors (Lipinski definition) is 3. The zero-order valence-corrected chi connectivity index (χ0v) is 14.9. The van der Waals surface area contributed by atoms with Crippen LogP contribution in [0.5, 0.6) is 0 Å². The highest BCUT2D eigenvalue weighted by atomic mass is 16.3. The second-order valence-electron chi connectivity index (χ2n) is 8.22. The summed E-state index contributed by atoms with van der Waals surface area (Å²) >= 11 is 0. The maximum absolute atomic E-state index is 12.0. The molecule has 5 atom stereocenters. The van der Waals surface area contributed by atoms with Crippen LogP contribution in [-0.2, 0) is 4.79 Å². The lowest BCUT2D eigenvalue weighted by Gasteiger charge is -2.41. The Kier molecular flexibility index (Phi) is 4.85. The minimum absolute atomic E-state index is 0.108. The molecule has 3 nitrogen and oxygen atoms in total. The Labute approximate surface area is 145 Å². The van der Waals surface area contributed by atoms with Crippen molar-refractivity contribution in [3.05, 3.63) is 35.5 Å². The molecular weight excluding hydrogens is 300 g/mol. The van der Waals surface area contributed by atoms with E-state index in [2.05, 4.69) is 25.7 Å². The van der Waals surface area contributed by atoms with E-state index in [1.54, 1.807) is 6.92 Å². The van der Waals surface area contributed by atoms with Gasteiger partial charge in [-0.1, -0.05) is 31.2 Å². The van der Waals surface area contributed by atoms with Gasteiger partial charge >= 0.3 is 0 Å². The van der Waals surface area contributed by atoms with Crippen LogP contribution < -0.4 is 0 Å². The normalized spacial score (nSPS) is 43.2. The van der Waals surface area contributed by atoms with Crippen molar-refractivity contribution in [2.24, 2.45) is 17.3 Å². The Morgan fingerprint density at radius 3 is 2.75 bits per heavy atom. The summed E-state index contributed by atoms with van der Waals surface area (Å²) in [6, 6.07) is 0. The summed E-state index contributed by atoms with van der Waals surface area (Å²) in [6.45, 7) is 8.03. The predicted octanol–water partition coefficient (Wildman–Crippen LogP) is 3.72. The zero-order valence-electron chi connectivity index (χ0n) is 14.9. The van der Waals surface area contributed by atoms with Gasteiger partial charge in [-0.25, -0.2) is 0 Å². The van der Waals surface area contributed by atoms with Gasteiger partial charge in [0.05, 0.1) is 12.2 Å². The molecule has 3 saturated carbocycles. The fourth-order valence-corrected chi connectivity index (χ4v) is 5.37. The first-order valence-corrected chi connectivity index (χ1v) is 9.28. The van der Waals surface area contributed by atoms with E-state index >= 15 is 0 Å². The topological polar surface area (TPSA) is 57.5 Å². The molecule has 0 aromatic carbocycles. The quantitative estimate of drug-likeness (QED) is 0.811. The molecule has 0 aromatic rings. The predicted molar refractivity (Wildman–Crippen MR) is 95.4 cm³/mol. The summed E-state index contributed by atoms with van der Waals surface area (Å²) in [5, 5.41) is 19.9. The van der Waals surface area contributed by atoms with Gasteiger partial charge in [0.15, 0.2) is 0 Å². The highest BCUT2D eigenvalue weighted by Crippen LogP contribution is 2.57. The summed E-state index contributed by atoms with van der Waals surface area (Å²) in [6.07, 6.45) is 9.54. The SMILES string of the molecule is C=C1/C(=C\C=C2/CCC[C@@]3(C)C2CC[C@@H]3C(C)=O)CC(O)C[C@@H]1O. The first kappa shape index (κ1) is 17.6. The molecular formula is C21H30O3. The molecule has 2 N–H and O–H groups in total. The lowest BCUT2D eigenvalue weighted by molar-refractivity contribution is -0.124. The Hall–Kier alpha value is -1.19. The molecule has 3 fully saturated rings. The minimum Gasteiger partial charge on any atom is -0.393 e. The van der Waals surface area contributed by atoms with Crippen molar-refractivity contribution < 1.29 is 15.0 Å². The van der Waals surface area contributed by atoms with Gasteiger partial charge < -0.3 is 10.2 Å². The van der Waals surface area contributed by atoms with E-state index in [-0.39, 0.29) is 11.3 Å². The Morgan fingerprint density at radius 2 is 2.04 bits per heavy atom. The van der Waals surface area contributed by atoms with E-state index in [1.807, 2.05) is 0 Å². The van der Waals surface area contributed by atoms with Crippen LogP contribution in [-0.4, -0.2) is 28.2 Å². The maximum atomic E-state index is 12.0. The molecule has 0 spiro atoms. The molecule has 0 heterocycles. The molecule has 3 aliphatic rings. The second-order valence-corrected chi connectivity index (χ2v) is 8.22. The summed E-state index contributed by atoms with van der Waals surface area (Å²) in [4.78, 5) is 12.0. The monoisotopic (exact) mass is 330 g/mol. The fourth-order valence-electron chi connectivity index (χ4n) is 5.37. The second kappa shape index (κ2) is 6.61. The van der Waals surface area contributed by atoms with Gasteiger partial charge in [-0.15, -0.1) is 0 Å². The van der Waals surface area contributed by atoms with E-state index in [9.17, 15) is 15.0 Å². The van der Waals surface area contributed by atoms with E-state index in [0.717, 1.165) is 43.3 Å². The number of Topliss-reactive ketones (excluding diaryl/α,β-unsaturated/α-hetero) is 1. The van der Waals surface area contributed by atoms with Gasteiger partial charge in [-0.3, -0.25) is 4.79 Å². The first-order valence-electron chi connectivity index (χ1n) is 9.28. The minimum atomic E-state index is -0.636. The molecule has 0 bridgehead atoms. The fraction of sp³-hybridized carbons (Fsp3) is 0.667. The van der Waals surface area contributed by atoms with Crippen LogP contribution >= 0.6 is 0 Å². The third kappa shape index (κ3) is 3.04. The average molecular weight is 330 g/mol. The number of allylic oxidation sites excluding steroid dienone is 3. The molecule has 3 rings (SSSR count). The average Bonchev–Trinajstić information content (AvgIpc) is 2.87.